The molecule has 0 aliphatic rings. The van der Waals surface area contributed by atoms with Crippen molar-refractivity contribution in [1.82, 2.24) is 0 Å². The summed E-state index contributed by atoms with van der Waals surface area (Å²) in [5.74, 6) is 0.344. The summed E-state index contributed by atoms with van der Waals surface area (Å²) in [6, 6.07) is 5.20. The number of benzene rings is 1. The number of halogens is 2. The molecule has 0 N–H and O–H groups in total. The molecule has 0 saturated carbocycles. The van der Waals surface area contributed by atoms with Crippen molar-refractivity contribution >= 4 is 42.0 Å². The van der Waals surface area contributed by atoms with E-state index < -0.39 is 10.1 Å². The molecular formula is C9H10Br2O3S. The molecule has 0 aliphatic heterocycles. The van der Waals surface area contributed by atoms with Gasteiger partial charge in [0.25, 0.3) is 0 Å². The molecule has 1 aromatic carbocycles. The highest BCUT2D eigenvalue weighted by Crippen LogP contribution is 2.22. The van der Waals surface area contributed by atoms with Gasteiger partial charge in [-0.15, -0.1) is 0 Å². The van der Waals surface area contributed by atoms with Crippen molar-refractivity contribution in [3.05, 3.63) is 29.3 Å². The van der Waals surface area contributed by atoms with Crippen LogP contribution in [0.15, 0.2) is 18.2 Å². The summed E-state index contributed by atoms with van der Waals surface area (Å²) in [6.45, 7) is 0. The number of hydrogen-bond donors (Lipinski definition) is 0. The van der Waals surface area contributed by atoms with Gasteiger partial charge >= 0.3 is 10.1 Å². The SMILES string of the molecule is CS(=O)(=O)Oc1ccc(CBr)c(CBr)c1. The minimum atomic E-state index is -3.45. The lowest BCUT2D eigenvalue weighted by Crippen LogP contribution is -2.06. The number of hydrogen-bond acceptors (Lipinski definition) is 3. The average molecular weight is 358 g/mol. The summed E-state index contributed by atoms with van der Waals surface area (Å²) >= 11 is 6.69. The molecule has 6 heteroatoms. The summed E-state index contributed by atoms with van der Waals surface area (Å²) in [5.41, 5.74) is 2.11. The van der Waals surface area contributed by atoms with E-state index in [0.29, 0.717) is 11.1 Å². The van der Waals surface area contributed by atoms with Crippen LogP contribution in [0.25, 0.3) is 0 Å². The molecule has 0 bridgehead atoms. The van der Waals surface area contributed by atoms with E-state index in [1.165, 1.54) is 0 Å². The Bertz CT molecular complexity index is 443. The van der Waals surface area contributed by atoms with Gasteiger partial charge < -0.3 is 4.18 Å². The Labute approximate surface area is 106 Å². The molecule has 0 radical (unpaired) electrons. The monoisotopic (exact) mass is 356 g/mol. The lowest BCUT2D eigenvalue weighted by Gasteiger charge is -2.07. The van der Waals surface area contributed by atoms with E-state index in [0.717, 1.165) is 22.7 Å². The van der Waals surface area contributed by atoms with Gasteiger partial charge in [-0.2, -0.15) is 8.42 Å². The zero-order valence-electron chi connectivity index (χ0n) is 8.04. The predicted octanol–water partition coefficient (Wildman–Crippen LogP) is 2.81. The fraction of sp³-hybridized carbons (Fsp3) is 0.333. The molecule has 1 rings (SSSR count). The second kappa shape index (κ2) is 5.32. The van der Waals surface area contributed by atoms with Gasteiger partial charge in [0, 0.05) is 10.7 Å². The molecule has 15 heavy (non-hydrogen) atoms. The van der Waals surface area contributed by atoms with Crippen molar-refractivity contribution in [1.29, 1.82) is 0 Å². The van der Waals surface area contributed by atoms with Gasteiger partial charge in [0.1, 0.15) is 5.75 Å². The Balaban J connectivity index is 3.03. The molecule has 84 valence electrons. The van der Waals surface area contributed by atoms with Crippen LogP contribution in [0.4, 0.5) is 0 Å². The molecule has 3 nitrogen and oxygen atoms in total. The van der Waals surface area contributed by atoms with Crippen molar-refractivity contribution in [2.24, 2.45) is 0 Å². The first-order chi connectivity index (χ1) is 6.96. The summed E-state index contributed by atoms with van der Waals surface area (Å²) in [5, 5.41) is 1.39. The zero-order chi connectivity index (χ0) is 11.5. The average Bonchev–Trinajstić information content (AvgIpc) is 2.15. The highest BCUT2D eigenvalue weighted by molar-refractivity contribution is 9.09. The van der Waals surface area contributed by atoms with Crippen LogP contribution in [-0.2, 0) is 20.8 Å². The topological polar surface area (TPSA) is 43.4 Å². The fourth-order valence-electron chi connectivity index (χ4n) is 1.08. The normalized spacial score (nSPS) is 11.4. The largest absolute Gasteiger partial charge is 0.383 e. The van der Waals surface area contributed by atoms with Gasteiger partial charge in [-0.05, 0) is 23.3 Å². The van der Waals surface area contributed by atoms with E-state index in [1.807, 2.05) is 6.07 Å². The molecule has 0 saturated heterocycles. The standard InChI is InChI=1S/C9H10Br2O3S/c1-15(12,13)14-9-3-2-7(5-10)8(4-9)6-11/h2-4H,5-6H2,1H3. The van der Waals surface area contributed by atoms with Gasteiger partial charge in [0.15, 0.2) is 0 Å². The first kappa shape index (κ1) is 13.0. The van der Waals surface area contributed by atoms with E-state index in [9.17, 15) is 8.42 Å². The Hall–Kier alpha value is -0.0700. The van der Waals surface area contributed by atoms with E-state index in [1.54, 1.807) is 12.1 Å². The third-order valence-corrected chi connectivity index (χ3v) is 3.42. The first-order valence-electron chi connectivity index (χ1n) is 4.09. The molecule has 0 heterocycles. The summed E-state index contributed by atoms with van der Waals surface area (Å²) in [7, 11) is -3.45. The van der Waals surface area contributed by atoms with Crippen LogP contribution in [0.1, 0.15) is 11.1 Å². The third-order valence-electron chi connectivity index (χ3n) is 1.71. The molecule has 0 amide bonds. The molecule has 0 unspecified atom stereocenters. The van der Waals surface area contributed by atoms with Crippen LogP contribution in [0, 0.1) is 0 Å². The highest BCUT2D eigenvalue weighted by Gasteiger charge is 2.07. The van der Waals surface area contributed by atoms with Gasteiger partial charge in [-0.1, -0.05) is 37.9 Å². The van der Waals surface area contributed by atoms with E-state index in [2.05, 4.69) is 31.9 Å². The maximum Gasteiger partial charge on any atom is 0.306 e. The number of rotatable bonds is 4. The molecule has 0 aliphatic carbocycles. The summed E-state index contributed by atoms with van der Waals surface area (Å²) in [6.07, 6.45) is 1.03. The second-order valence-electron chi connectivity index (χ2n) is 2.99. The van der Waals surface area contributed by atoms with Crippen LogP contribution in [0.5, 0.6) is 5.75 Å². The Morgan fingerprint density at radius 1 is 1.20 bits per heavy atom. The fourth-order valence-corrected chi connectivity index (χ4v) is 2.61. The lowest BCUT2D eigenvalue weighted by atomic mass is 10.1. The Kier molecular flexibility index (Phi) is 4.61. The highest BCUT2D eigenvalue weighted by atomic mass is 79.9. The van der Waals surface area contributed by atoms with Crippen molar-refractivity contribution in [3.63, 3.8) is 0 Å². The van der Waals surface area contributed by atoms with Crippen LogP contribution < -0.4 is 4.18 Å². The first-order valence-corrected chi connectivity index (χ1v) is 8.15. The van der Waals surface area contributed by atoms with Gasteiger partial charge in [-0.25, -0.2) is 0 Å². The Morgan fingerprint density at radius 3 is 2.27 bits per heavy atom. The van der Waals surface area contributed by atoms with Crippen molar-refractivity contribution in [2.75, 3.05) is 6.26 Å². The zero-order valence-corrected chi connectivity index (χ0v) is 12.0. The molecule has 1 aromatic rings. The maximum atomic E-state index is 10.9. The molecule has 0 atom stereocenters. The summed E-state index contributed by atoms with van der Waals surface area (Å²) < 4.78 is 26.6. The van der Waals surface area contributed by atoms with Crippen molar-refractivity contribution in [3.8, 4) is 5.75 Å². The summed E-state index contributed by atoms with van der Waals surface area (Å²) in [4.78, 5) is 0. The molecule has 0 aromatic heterocycles. The minimum absolute atomic E-state index is 0.344. The Morgan fingerprint density at radius 2 is 1.80 bits per heavy atom. The van der Waals surface area contributed by atoms with E-state index in [4.69, 9.17) is 4.18 Å². The number of alkyl halides is 2. The maximum absolute atomic E-state index is 10.9. The van der Waals surface area contributed by atoms with Crippen LogP contribution in [0.2, 0.25) is 0 Å². The second-order valence-corrected chi connectivity index (χ2v) is 5.68. The third kappa shape index (κ3) is 4.12. The minimum Gasteiger partial charge on any atom is -0.383 e. The van der Waals surface area contributed by atoms with Gasteiger partial charge in [0.05, 0.1) is 6.26 Å². The smallest absolute Gasteiger partial charge is 0.306 e. The van der Waals surface area contributed by atoms with Crippen molar-refractivity contribution < 1.29 is 12.6 Å². The van der Waals surface area contributed by atoms with Crippen LogP contribution in [-0.4, -0.2) is 14.7 Å². The lowest BCUT2D eigenvalue weighted by molar-refractivity contribution is 0.492. The van der Waals surface area contributed by atoms with Gasteiger partial charge in [-0.3, -0.25) is 0 Å². The van der Waals surface area contributed by atoms with E-state index in [-0.39, 0.29) is 0 Å². The van der Waals surface area contributed by atoms with Crippen LogP contribution >= 0.6 is 31.9 Å². The van der Waals surface area contributed by atoms with Gasteiger partial charge in [0.2, 0.25) is 0 Å². The molecule has 0 fully saturated rings. The molecule has 0 spiro atoms. The quantitative estimate of drug-likeness (QED) is 0.614. The van der Waals surface area contributed by atoms with Crippen molar-refractivity contribution in [2.45, 2.75) is 10.7 Å². The van der Waals surface area contributed by atoms with E-state index >= 15 is 0 Å². The molecular weight excluding hydrogens is 348 g/mol. The van der Waals surface area contributed by atoms with Crippen LogP contribution in [0.3, 0.4) is 0 Å². The predicted molar refractivity (Wildman–Crippen MR) is 67.2 cm³/mol.